The normalized spacial score (nSPS) is 12.4. The van der Waals surface area contributed by atoms with Gasteiger partial charge in [-0.25, -0.2) is 8.42 Å². The van der Waals surface area contributed by atoms with Crippen LogP contribution >= 0.6 is 0 Å². The van der Waals surface area contributed by atoms with Gasteiger partial charge >= 0.3 is 0 Å². The van der Waals surface area contributed by atoms with E-state index in [1.165, 1.54) is 4.31 Å². The molecule has 0 bridgehead atoms. The molecule has 0 fully saturated rings. The molecule has 4 aromatic rings. The number of rotatable bonds is 11. The summed E-state index contributed by atoms with van der Waals surface area (Å²) in [4.78, 5) is 2.35. The van der Waals surface area contributed by atoms with Crippen molar-refractivity contribution >= 4 is 15.7 Å². The summed E-state index contributed by atoms with van der Waals surface area (Å²) >= 11 is 0. The first-order valence-electron chi connectivity index (χ1n) is 12.0. The van der Waals surface area contributed by atoms with E-state index in [0.717, 1.165) is 16.7 Å². The Morgan fingerprint density at radius 3 is 1.64 bits per heavy atom. The summed E-state index contributed by atoms with van der Waals surface area (Å²) in [6.45, 7) is 3.50. The molecule has 1 unspecified atom stereocenters. The Bertz CT molecular complexity index is 1270. The van der Waals surface area contributed by atoms with E-state index in [1.54, 1.807) is 42.5 Å². The monoisotopic (exact) mass is 500 g/mol. The fraction of sp³-hybridized carbons (Fsp3) is 0.200. The lowest BCUT2D eigenvalue weighted by atomic mass is 10.1. The van der Waals surface area contributed by atoms with Crippen LogP contribution in [0.4, 0.5) is 5.69 Å². The lowest BCUT2D eigenvalue weighted by Crippen LogP contribution is -2.42. The van der Waals surface area contributed by atoms with E-state index in [2.05, 4.69) is 29.2 Å². The van der Waals surface area contributed by atoms with Gasteiger partial charge in [0.1, 0.15) is 0 Å². The topological polar surface area (TPSA) is 60.9 Å². The van der Waals surface area contributed by atoms with Gasteiger partial charge in [0, 0.05) is 19.6 Å². The maximum Gasteiger partial charge on any atom is 0.264 e. The Morgan fingerprint density at radius 2 is 1.14 bits per heavy atom. The molecule has 6 heteroatoms. The van der Waals surface area contributed by atoms with Gasteiger partial charge in [-0.15, -0.1) is 0 Å². The Balaban J connectivity index is 1.58. The van der Waals surface area contributed by atoms with Crippen LogP contribution in [0.15, 0.2) is 120 Å². The number of nitrogens with zero attached hydrogens (tertiary/aromatic N) is 2. The average Bonchev–Trinajstić information content (AvgIpc) is 2.89. The van der Waals surface area contributed by atoms with Crippen molar-refractivity contribution in [3.63, 3.8) is 0 Å². The molecule has 0 spiro atoms. The second-order valence-corrected chi connectivity index (χ2v) is 10.8. The summed E-state index contributed by atoms with van der Waals surface area (Å²) in [6.07, 6.45) is -0.905. The number of hydrogen-bond acceptors (Lipinski definition) is 4. The van der Waals surface area contributed by atoms with Crippen LogP contribution in [0.3, 0.4) is 0 Å². The van der Waals surface area contributed by atoms with Crippen LogP contribution in [0.1, 0.15) is 16.7 Å². The van der Waals surface area contributed by atoms with E-state index < -0.39 is 16.1 Å². The van der Waals surface area contributed by atoms with Gasteiger partial charge < -0.3 is 5.11 Å². The van der Waals surface area contributed by atoms with E-state index in [4.69, 9.17) is 0 Å². The third kappa shape index (κ3) is 6.82. The highest BCUT2D eigenvalue weighted by atomic mass is 32.2. The highest BCUT2D eigenvalue weighted by molar-refractivity contribution is 7.92. The first-order chi connectivity index (χ1) is 17.4. The summed E-state index contributed by atoms with van der Waals surface area (Å²) in [7, 11) is -3.86. The van der Waals surface area contributed by atoms with Crippen molar-refractivity contribution in [2.75, 3.05) is 17.4 Å². The fourth-order valence-corrected chi connectivity index (χ4v) is 5.71. The van der Waals surface area contributed by atoms with Crippen LogP contribution in [-0.2, 0) is 23.1 Å². The molecule has 4 aromatic carbocycles. The standard InChI is InChI=1S/C30H32N2O3S/c1-25-17-19-28(20-18-25)32(36(34,35)30-15-9-4-10-16-30)24-29(33)23-31(21-26-11-5-2-6-12-26)22-27-13-7-3-8-14-27/h2-20,29,33H,21-24H2,1H3. The predicted molar refractivity (Wildman–Crippen MR) is 145 cm³/mol. The van der Waals surface area contributed by atoms with Crippen molar-refractivity contribution in [1.82, 2.24) is 4.90 Å². The minimum Gasteiger partial charge on any atom is -0.390 e. The zero-order valence-electron chi connectivity index (χ0n) is 20.4. The zero-order chi connectivity index (χ0) is 25.4. The minimum absolute atomic E-state index is 0.0552. The SMILES string of the molecule is Cc1ccc(N(CC(O)CN(Cc2ccccc2)Cc2ccccc2)S(=O)(=O)c2ccccc2)cc1. The number of aryl methyl sites for hydroxylation is 1. The molecule has 1 atom stereocenters. The molecule has 0 saturated heterocycles. The largest absolute Gasteiger partial charge is 0.390 e. The summed E-state index contributed by atoms with van der Waals surface area (Å²) in [5, 5.41) is 11.2. The van der Waals surface area contributed by atoms with E-state index >= 15 is 0 Å². The van der Waals surface area contributed by atoms with Crippen molar-refractivity contribution in [3.8, 4) is 0 Å². The Kier molecular flexibility index (Phi) is 8.54. The third-order valence-corrected chi connectivity index (χ3v) is 7.80. The second kappa shape index (κ2) is 12.0. The molecule has 36 heavy (non-hydrogen) atoms. The van der Waals surface area contributed by atoms with Crippen LogP contribution in [0.2, 0.25) is 0 Å². The zero-order valence-corrected chi connectivity index (χ0v) is 21.3. The molecule has 186 valence electrons. The highest BCUT2D eigenvalue weighted by Gasteiger charge is 2.28. The van der Waals surface area contributed by atoms with Crippen LogP contribution in [0.5, 0.6) is 0 Å². The molecule has 0 aliphatic carbocycles. The van der Waals surface area contributed by atoms with Gasteiger partial charge in [0.05, 0.1) is 23.2 Å². The summed E-state index contributed by atoms with van der Waals surface area (Å²) in [6, 6.07) is 35.9. The number of aliphatic hydroxyl groups excluding tert-OH is 1. The lowest BCUT2D eigenvalue weighted by Gasteiger charge is -2.30. The van der Waals surface area contributed by atoms with Crippen molar-refractivity contribution in [3.05, 3.63) is 132 Å². The number of sulfonamides is 1. The Labute approximate surface area is 214 Å². The van der Waals surface area contributed by atoms with Gasteiger partial charge in [-0.2, -0.15) is 0 Å². The molecule has 1 N–H and O–H groups in total. The van der Waals surface area contributed by atoms with Gasteiger partial charge in [0.15, 0.2) is 0 Å². The Morgan fingerprint density at radius 1 is 0.667 bits per heavy atom. The van der Waals surface area contributed by atoms with Gasteiger partial charge in [0.2, 0.25) is 0 Å². The number of anilines is 1. The van der Waals surface area contributed by atoms with Crippen LogP contribution in [0.25, 0.3) is 0 Å². The molecule has 0 aliphatic heterocycles. The number of aliphatic hydroxyl groups is 1. The van der Waals surface area contributed by atoms with Crippen molar-refractivity contribution in [1.29, 1.82) is 0 Å². The van der Waals surface area contributed by atoms with Gasteiger partial charge in [-0.3, -0.25) is 9.21 Å². The molecule has 0 heterocycles. The van der Waals surface area contributed by atoms with E-state index in [-0.39, 0.29) is 11.4 Å². The molecule has 0 aromatic heterocycles. The molecule has 0 amide bonds. The first-order valence-corrected chi connectivity index (χ1v) is 13.5. The Hall–Kier alpha value is -3.45. The molecular formula is C30H32N2O3S. The van der Waals surface area contributed by atoms with Crippen LogP contribution in [0, 0.1) is 6.92 Å². The van der Waals surface area contributed by atoms with Gasteiger partial charge in [-0.05, 0) is 42.3 Å². The fourth-order valence-electron chi connectivity index (χ4n) is 4.19. The summed E-state index contributed by atoms with van der Waals surface area (Å²) in [5.41, 5.74) is 3.83. The van der Waals surface area contributed by atoms with E-state index in [1.807, 2.05) is 55.5 Å². The maximum absolute atomic E-state index is 13.6. The average molecular weight is 501 g/mol. The smallest absolute Gasteiger partial charge is 0.264 e. The third-order valence-electron chi connectivity index (χ3n) is 6.00. The summed E-state index contributed by atoms with van der Waals surface area (Å²) < 4.78 is 28.6. The second-order valence-electron chi connectivity index (χ2n) is 8.98. The lowest BCUT2D eigenvalue weighted by molar-refractivity contribution is 0.111. The number of benzene rings is 4. The van der Waals surface area contributed by atoms with E-state index in [0.29, 0.717) is 25.3 Å². The first kappa shape index (κ1) is 25.6. The van der Waals surface area contributed by atoms with Crippen LogP contribution < -0.4 is 4.31 Å². The van der Waals surface area contributed by atoms with Crippen molar-refractivity contribution in [2.45, 2.75) is 31.0 Å². The maximum atomic E-state index is 13.6. The highest BCUT2D eigenvalue weighted by Crippen LogP contribution is 2.25. The summed E-state index contributed by atoms with van der Waals surface area (Å²) in [5.74, 6) is 0. The molecule has 5 nitrogen and oxygen atoms in total. The van der Waals surface area contributed by atoms with Crippen molar-refractivity contribution in [2.24, 2.45) is 0 Å². The molecule has 4 rings (SSSR count). The van der Waals surface area contributed by atoms with Gasteiger partial charge in [-0.1, -0.05) is 96.6 Å². The minimum atomic E-state index is -3.86. The van der Waals surface area contributed by atoms with Crippen molar-refractivity contribution < 1.29 is 13.5 Å². The quantitative estimate of drug-likeness (QED) is 0.305. The molecule has 0 aliphatic rings. The number of hydrogen-bond donors (Lipinski definition) is 1. The van der Waals surface area contributed by atoms with Crippen LogP contribution in [-0.4, -0.2) is 37.6 Å². The van der Waals surface area contributed by atoms with E-state index in [9.17, 15) is 13.5 Å². The molecular weight excluding hydrogens is 468 g/mol. The predicted octanol–water partition coefficient (Wildman–Crippen LogP) is 5.25. The van der Waals surface area contributed by atoms with Gasteiger partial charge in [0.25, 0.3) is 10.0 Å². The molecule has 0 saturated carbocycles. The molecule has 0 radical (unpaired) electrons.